The first-order valence-corrected chi connectivity index (χ1v) is 5.96. The molecule has 0 radical (unpaired) electrons. The smallest absolute Gasteiger partial charge is 0.222 e. The second kappa shape index (κ2) is 4.89. The molecule has 1 heterocycles. The summed E-state index contributed by atoms with van der Waals surface area (Å²) in [7, 11) is 1.81. The number of hydrogen-bond acceptors (Lipinski definition) is 5. The fraction of sp³-hybridized carbons (Fsp3) is 0.182. The summed E-state index contributed by atoms with van der Waals surface area (Å²) in [5.74, 6) is 1.07. The van der Waals surface area contributed by atoms with Gasteiger partial charge in [-0.3, -0.25) is 4.57 Å². The van der Waals surface area contributed by atoms with Crippen LogP contribution in [0, 0.1) is 11.3 Å². The second-order valence-corrected chi connectivity index (χ2v) is 4.40. The molecule has 0 unspecified atom stereocenters. The first kappa shape index (κ1) is 11.5. The van der Waals surface area contributed by atoms with Gasteiger partial charge >= 0.3 is 0 Å². The van der Waals surface area contributed by atoms with E-state index in [0.29, 0.717) is 17.3 Å². The fourth-order valence-electron chi connectivity index (χ4n) is 1.35. The molecule has 2 rings (SSSR count). The zero-order chi connectivity index (χ0) is 12.3. The lowest BCUT2D eigenvalue weighted by Gasteiger charge is -2.03. The molecular formula is C11H11N5S. The van der Waals surface area contributed by atoms with Crippen molar-refractivity contribution in [1.29, 1.82) is 5.26 Å². The van der Waals surface area contributed by atoms with Crippen LogP contribution in [0.25, 0.3) is 0 Å². The lowest BCUT2D eigenvalue weighted by molar-refractivity contribution is 0.796. The Bertz CT molecular complexity index is 569. The van der Waals surface area contributed by atoms with Gasteiger partial charge in [-0.05, 0) is 11.6 Å². The van der Waals surface area contributed by atoms with Crippen LogP contribution in [0.1, 0.15) is 11.1 Å². The normalized spacial score (nSPS) is 10.1. The molecule has 0 spiro atoms. The zero-order valence-corrected chi connectivity index (χ0v) is 10.1. The molecule has 1 aromatic heterocycles. The number of hydrogen-bond donors (Lipinski definition) is 1. The highest BCUT2D eigenvalue weighted by Gasteiger charge is 2.07. The van der Waals surface area contributed by atoms with Crippen LogP contribution < -0.4 is 5.73 Å². The van der Waals surface area contributed by atoms with Crippen LogP contribution in [0.15, 0.2) is 29.4 Å². The van der Waals surface area contributed by atoms with Crippen LogP contribution >= 0.6 is 11.8 Å². The van der Waals surface area contributed by atoms with Crippen LogP contribution in [0.3, 0.4) is 0 Å². The largest absolute Gasteiger partial charge is 0.368 e. The molecule has 0 fully saturated rings. The van der Waals surface area contributed by atoms with Gasteiger partial charge in [-0.15, -0.1) is 10.2 Å². The molecule has 0 aliphatic carbocycles. The van der Waals surface area contributed by atoms with E-state index < -0.39 is 0 Å². The average Bonchev–Trinajstić information content (AvgIpc) is 2.68. The van der Waals surface area contributed by atoms with Gasteiger partial charge in [-0.25, -0.2) is 0 Å². The quantitative estimate of drug-likeness (QED) is 0.830. The molecule has 86 valence electrons. The molecule has 2 N–H and O–H groups in total. The number of aromatic nitrogens is 3. The molecule has 5 nitrogen and oxygen atoms in total. The number of benzene rings is 1. The van der Waals surface area contributed by atoms with Crippen molar-refractivity contribution in [2.24, 2.45) is 7.05 Å². The number of nitrogen functional groups attached to an aromatic ring is 1. The monoisotopic (exact) mass is 245 g/mol. The van der Waals surface area contributed by atoms with Crippen molar-refractivity contribution in [3.8, 4) is 6.07 Å². The summed E-state index contributed by atoms with van der Waals surface area (Å²) in [6, 6.07) is 9.69. The van der Waals surface area contributed by atoms with E-state index in [1.54, 1.807) is 10.6 Å². The maximum Gasteiger partial charge on any atom is 0.222 e. The van der Waals surface area contributed by atoms with Gasteiger partial charge in [0.15, 0.2) is 5.16 Å². The van der Waals surface area contributed by atoms with Gasteiger partial charge in [0.25, 0.3) is 0 Å². The fourth-order valence-corrected chi connectivity index (χ4v) is 2.27. The molecule has 1 aromatic carbocycles. The average molecular weight is 245 g/mol. The van der Waals surface area contributed by atoms with Crippen molar-refractivity contribution in [2.75, 3.05) is 5.73 Å². The van der Waals surface area contributed by atoms with Crippen molar-refractivity contribution < 1.29 is 0 Å². The topological polar surface area (TPSA) is 80.5 Å². The van der Waals surface area contributed by atoms with Crippen LogP contribution in [0.4, 0.5) is 5.95 Å². The van der Waals surface area contributed by atoms with Gasteiger partial charge in [0.1, 0.15) is 0 Å². The molecule has 0 aliphatic heterocycles. The molecule has 0 atom stereocenters. The molecule has 6 heteroatoms. The summed E-state index contributed by atoms with van der Waals surface area (Å²) in [6.07, 6.45) is 0. The molecule has 0 saturated carbocycles. The highest BCUT2D eigenvalue weighted by Crippen LogP contribution is 2.23. The summed E-state index contributed by atoms with van der Waals surface area (Å²) < 4.78 is 1.72. The van der Waals surface area contributed by atoms with Crippen LogP contribution in [-0.2, 0) is 12.8 Å². The minimum atomic E-state index is 0.390. The van der Waals surface area contributed by atoms with Crippen LogP contribution in [0.5, 0.6) is 0 Å². The van der Waals surface area contributed by atoms with Crippen molar-refractivity contribution in [3.05, 3.63) is 35.4 Å². The Hall–Kier alpha value is -2.00. The Kier molecular flexibility index (Phi) is 3.30. The van der Waals surface area contributed by atoms with E-state index >= 15 is 0 Å². The first-order chi connectivity index (χ1) is 8.22. The summed E-state index contributed by atoms with van der Waals surface area (Å²) in [4.78, 5) is 0. The van der Waals surface area contributed by atoms with Crippen molar-refractivity contribution >= 4 is 17.7 Å². The van der Waals surface area contributed by atoms with E-state index in [2.05, 4.69) is 16.3 Å². The predicted octanol–water partition coefficient (Wildman–Crippen LogP) is 1.56. The molecule has 2 aromatic rings. The second-order valence-electron chi connectivity index (χ2n) is 3.46. The summed E-state index contributed by atoms with van der Waals surface area (Å²) in [6.45, 7) is 0. The van der Waals surface area contributed by atoms with Crippen LogP contribution in [0.2, 0.25) is 0 Å². The number of nitrogens with two attached hydrogens (primary N) is 1. The van der Waals surface area contributed by atoms with Gasteiger partial charge < -0.3 is 5.73 Å². The lowest BCUT2D eigenvalue weighted by Crippen LogP contribution is -1.98. The molecule has 0 aliphatic rings. The zero-order valence-electron chi connectivity index (χ0n) is 9.29. The Morgan fingerprint density at radius 1 is 1.41 bits per heavy atom. The molecular weight excluding hydrogens is 234 g/mol. The van der Waals surface area contributed by atoms with E-state index in [4.69, 9.17) is 11.0 Å². The van der Waals surface area contributed by atoms with Gasteiger partial charge in [-0.2, -0.15) is 5.26 Å². The summed E-state index contributed by atoms with van der Waals surface area (Å²) in [5, 5.41) is 17.4. The predicted molar refractivity (Wildman–Crippen MR) is 66.1 cm³/mol. The number of nitriles is 1. The van der Waals surface area contributed by atoms with E-state index in [9.17, 15) is 0 Å². The Morgan fingerprint density at radius 3 is 2.82 bits per heavy atom. The van der Waals surface area contributed by atoms with Gasteiger partial charge in [-0.1, -0.05) is 30.0 Å². The van der Waals surface area contributed by atoms with Crippen LogP contribution in [-0.4, -0.2) is 14.8 Å². The lowest BCUT2D eigenvalue weighted by atomic mass is 10.1. The Balaban J connectivity index is 2.13. The van der Waals surface area contributed by atoms with Crippen molar-refractivity contribution in [2.45, 2.75) is 10.9 Å². The Morgan fingerprint density at radius 2 is 2.18 bits per heavy atom. The van der Waals surface area contributed by atoms with E-state index in [-0.39, 0.29) is 0 Å². The number of nitrogens with zero attached hydrogens (tertiary/aromatic N) is 4. The van der Waals surface area contributed by atoms with E-state index in [1.807, 2.05) is 25.2 Å². The van der Waals surface area contributed by atoms with Crippen molar-refractivity contribution in [1.82, 2.24) is 14.8 Å². The minimum Gasteiger partial charge on any atom is -0.368 e. The third kappa shape index (κ3) is 2.40. The molecule has 0 saturated heterocycles. The Labute approximate surface area is 103 Å². The third-order valence-corrected chi connectivity index (χ3v) is 3.43. The van der Waals surface area contributed by atoms with Gasteiger partial charge in [0.2, 0.25) is 5.95 Å². The van der Waals surface area contributed by atoms with E-state index in [1.165, 1.54) is 11.8 Å². The standard InChI is InChI=1S/C11H11N5S/c1-16-10(13)14-15-11(16)17-7-9-5-3-2-4-8(9)6-12/h2-5H,7H2,1H3,(H2,13,14). The SMILES string of the molecule is Cn1c(N)nnc1SCc1ccccc1C#N. The molecule has 0 amide bonds. The third-order valence-electron chi connectivity index (χ3n) is 2.36. The number of anilines is 1. The molecule has 17 heavy (non-hydrogen) atoms. The summed E-state index contributed by atoms with van der Waals surface area (Å²) in [5.41, 5.74) is 7.27. The minimum absolute atomic E-state index is 0.390. The van der Waals surface area contributed by atoms with E-state index in [0.717, 1.165) is 10.7 Å². The summed E-state index contributed by atoms with van der Waals surface area (Å²) >= 11 is 1.51. The van der Waals surface area contributed by atoms with Crippen molar-refractivity contribution in [3.63, 3.8) is 0 Å². The maximum atomic E-state index is 8.96. The highest BCUT2D eigenvalue weighted by atomic mass is 32.2. The number of rotatable bonds is 3. The van der Waals surface area contributed by atoms with Gasteiger partial charge in [0.05, 0.1) is 11.6 Å². The first-order valence-electron chi connectivity index (χ1n) is 4.98. The molecule has 0 bridgehead atoms. The number of thioether (sulfide) groups is 1. The van der Waals surface area contributed by atoms with Gasteiger partial charge in [0, 0.05) is 12.8 Å². The maximum absolute atomic E-state index is 8.96. The highest BCUT2D eigenvalue weighted by molar-refractivity contribution is 7.98.